The summed E-state index contributed by atoms with van der Waals surface area (Å²) in [5, 5.41) is 10.0. The maximum Gasteiger partial charge on any atom is 0.302 e. The summed E-state index contributed by atoms with van der Waals surface area (Å²) < 4.78 is 16.0. The van der Waals surface area contributed by atoms with Gasteiger partial charge in [-0.05, 0) is 11.8 Å². The zero-order valence-corrected chi connectivity index (χ0v) is 11.2. The van der Waals surface area contributed by atoms with Gasteiger partial charge in [0.2, 0.25) is 0 Å². The highest BCUT2D eigenvalue weighted by molar-refractivity contribution is 5.65. The molecular weight excluding hydrogens is 236 g/mol. The zero-order valence-electron chi connectivity index (χ0n) is 11.2. The van der Waals surface area contributed by atoms with E-state index in [4.69, 9.17) is 14.2 Å². The number of carbonyl (C=O) groups excluding carboxylic acids is 1. The largest absolute Gasteiger partial charge is 0.463 e. The van der Waals surface area contributed by atoms with Crippen LogP contribution in [0.1, 0.15) is 20.8 Å². The molecule has 18 heavy (non-hydrogen) atoms. The number of esters is 1. The van der Waals surface area contributed by atoms with Gasteiger partial charge in [-0.3, -0.25) is 4.79 Å². The van der Waals surface area contributed by atoms with Gasteiger partial charge in [0.25, 0.3) is 0 Å². The maximum absolute atomic E-state index is 10.8. The van der Waals surface area contributed by atoms with Gasteiger partial charge in [-0.25, -0.2) is 0 Å². The highest BCUT2D eigenvalue weighted by Crippen LogP contribution is 2.31. The molecule has 0 aromatic rings. The summed E-state index contributed by atoms with van der Waals surface area (Å²) in [4.78, 5) is 10.8. The predicted octanol–water partition coefficient (Wildman–Crippen LogP) is 1.11. The third kappa shape index (κ3) is 3.80. The van der Waals surface area contributed by atoms with E-state index in [0.717, 1.165) is 0 Å². The van der Waals surface area contributed by atoms with Crippen LogP contribution in [0.25, 0.3) is 0 Å². The molecule has 0 radical (unpaired) electrons. The van der Waals surface area contributed by atoms with Gasteiger partial charge < -0.3 is 19.3 Å². The molecule has 104 valence electrons. The number of aliphatic hydroxyl groups excluding tert-OH is 1. The second-order valence-corrected chi connectivity index (χ2v) is 4.68. The second kappa shape index (κ2) is 6.87. The van der Waals surface area contributed by atoms with Crippen molar-refractivity contribution in [3.63, 3.8) is 0 Å². The Balaban J connectivity index is 2.61. The predicted molar refractivity (Wildman–Crippen MR) is 65.8 cm³/mol. The van der Waals surface area contributed by atoms with Crippen LogP contribution in [0.4, 0.5) is 0 Å². The van der Waals surface area contributed by atoms with E-state index < -0.39 is 12.4 Å². The molecular formula is C13H22O5. The molecule has 0 spiro atoms. The molecule has 0 bridgehead atoms. The smallest absolute Gasteiger partial charge is 0.302 e. The van der Waals surface area contributed by atoms with Crippen molar-refractivity contribution in [2.75, 3.05) is 13.2 Å². The first-order valence-electron chi connectivity index (χ1n) is 6.16. The van der Waals surface area contributed by atoms with Crippen LogP contribution in [-0.4, -0.2) is 42.8 Å². The van der Waals surface area contributed by atoms with E-state index in [2.05, 4.69) is 6.58 Å². The highest BCUT2D eigenvalue weighted by Gasteiger charge is 2.41. The molecule has 0 saturated carbocycles. The molecule has 1 aliphatic heterocycles. The van der Waals surface area contributed by atoms with Crippen LogP contribution in [0.2, 0.25) is 0 Å². The van der Waals surface area contributed by atoms with Gasteiger partial charge >= 0.3 is 5.97 Å². The van der Waals surface area contributed by atoms with Gasteiger partial charge in [0.05, 0.1) is 12.7 Å². The number of rotatable bonds is 5. The first-order valence-corrected chi connectivity index (χ1v) is 6.16. The Labute approximate surface area is 108 Å². The van der Waals surface area contributed by atoms with Crippen molar-refractivity contribution >= 4 is 5.97 Å². The van der Waals surface area contributed by atoms with E-state index in [9.17, 15) is 9.90 Å². The average Bonchev–Trinajstić information content (AvgIpc) is 2.34. The third-order valence-corrected chi connectivity index (χ3v) is 3.37. The van der Waals surface area contributed by atoms with Crippen molar-refractivity contribution in [1.29, 1.82) is 0 Å². The molecule has 1 saturated heterocycles. The van der Waals surface area contributed by atoms with Crippen LogP contribution in [0.3, 0.4) is 0 Å². The van der Waals surface area contributed by atoms with Crippen molar-refractivity contribution in [3.8, 4) is 0 Å². The van der Waals surface area contributed by atoms with Crippen LogP contribution < -0.4 is 0 Å². The highest BCUT2D eigenvalue weighted by atomic mass is 16.7. The molecule has 5 heteroatoms. The normalized spacial score (nSPS) is 36.1. The van der Waals surface area contributed by atoms with E-state index in [1.54, 1.807) is 6.08 Å². The van der Waals surface area contributed by atoms with Crippen molar-refractivity contribution in [3.05, 3.63) is 12.7 Å². The lowest BCUT2D eigenvalue weighted by molar-refractivity contribution is -0.272. The SMILES string of the molecule is C=CCO[C@@H]1OC(COC(C)=O)[C@@H](C)[C@H](C)C1O. The molecule has 1 rings (SSSR count). The van der Waals surface area contributed by atoms with Gasteiger partial charge in [0, 0.05) is 6.92 Å². The summed E-state index contributed by atoms with van der Waals surface area (Å²) in [6.45, 7) is 9.30. The fourth-order valence-corrected chi connectivity index (χ4v) is 1.97. The van der Waals surface area contributed by atoms with Crippen molar-refractivity contribution in [2.45, 2.75) is 39.3 Å². The Morgan fingerprint density at radius 2 is 2.11 bits per heavy atom. The average molecular weight is 258 g/mol. The standard InChI is InChI=1S/C13H22O5/c1-5-6-16-13-12(15)9(3)8(2)11(18-13)7-17-10(4)14/h5,8-9,11-13,15H,1,6-7H2,2-4H3/t8-,9-,11?,12?,13+/m0/s1. The zero-order chi connectivity index (χ0) is 13.7. The lowest BCUT2D eigenvalue weighted by Crippen LogP contribution is -2.51. The first-order chi connectivity index (χ1) is 8.47. The van der Waals surface area contributed by atoms with E-state index >= 15 is 0 Å². The summed E-state index contributed by atoms with van der Waals surface area (Å²) in [6, 6.07) is 0. The van der Waals surface area contributed by atoms with Gasteiger partial charge in [-0.2, -0.15) is 0 Å². The molecule has 1 heterocycles. The molecule has 1 aliphatic rings. The Morgan fingerprint density at radius 3 is 2.67 bits per heavy atom. The Hall–Kier alpha value is -0.910. The van der Waals surface area contributed by atoms with Gasteiger partial charge in [-0.1, -0.05) is 19.9 Å². The molecule has 0 aromatic heterocycles. The number of ether oxygens (including phenoxy) is 3. The van der Waals surface area contributed by atoms with Crippen LogP contribution in [0.5, 0.6) is 0 Å². The van der Waals surface area contributed by atoms with Crippen LogP contribution in [0, 0.1) is 11.8 Å². The van der Waals surface area contributed by atoms with Gasteiger partial charge in [-0.15, -0.1) is 6.58 Å². The molecule has 0 amide bonds. The third-order valence-electron chi connectivity index (χ3n) is 3.37. The lowest BCUT2D eigenvalue weighted by Gasteiger charge is -2.41. The van der Waals surface area contributed by atoms with E-state index in [-0.39, 0.29) is 30.5 Å². The summed E-state index contributed by atoms with van der Waals surface area (Å²) in [5.74, 6) is -0.245. The second-order valence-electron chi connectivity index (χ2n) is 4.68. The summed E-state index contributed by atoms with van der Waals surface area (Å²) >= 11 is 0. The molecule has 0 aromatic carbocycles. The fraction of sp³-hybridized carbons (Fsp3) is 0.769. The number of hydrogen-bond donors (Lipinski definition) is 1. The minimum atomic E-state index is -0.699. The van der Waals surface area contributed by atoms with Crippen LogP contribution >= 0.6 is 0 Å². The minimum absolute atomic E-state index is 0.00845. The van der Waals surface area contributed by atoms with Crippen molar-refractivity contribution in [1.82, 2.24) is 0 Å². The van der Waals surface area contributed by atoms with Crippen molar-refractivity contribution < 1.29 is 24.1 Å². The van der Waals surface area contributed by atoms with Gasteiger partial charge in [0.1, 0.15) is 12.7 Å². The fourth-order valence-electron chi connectivity index (χ4n) is 1.97. The number of aliphatic hydroxyl groups is 1. The van der Waals surface area contributed by atoms with Crippen LogP contribution in [-0.2, 0) is 19.0 Å². The molecule has 5 atom stereocenters. The first kappa shape index (κ1) is 15.1. The van der Waals surface area contributed by atoms with E-state index in [0.29, 0.717) is 6.61 Å². The number of hydrogen-bond acceptors (Lipinski definition) is 5. The van der Waals surface area contributed by atoms with E-state index in [1.165, 1.54) is 6.92 Å². The Kier molecular flexibility index (Phi) is 5.78. The summed E-state index contributed by atoms with van der Waals surface area (Å²) in [6.07, 6.45) is -0.0507. The van der Waals surface area contributed by atoms with Crippen molar-refractivity contribution in [2.24, 2.45) is 11.8 Å². The molecule has 1 N–H and O–H groups in total. The number of carbonyl (C=O) groups is 1. The molecule has 5 nitrogen and oxygen atoms in total. The minimum Gasteiger partial charge on any atom is -0.463 e. The monoisotopic (exact) mass is 258 g/mol. The summed E-state index contributed by atoms with van der Waals surface area (Å²) in [5.41, 5.74) is 0. The Bertz CT molecular complexity index is 291. The quantitative estimate of drug-likeness (QED) is 0.591. The molecule has 1 fully saturated rings. The topological polar surface area (TPSA) is 65.0 Å². The van der Waals surface area contributed by atoms with Gasteiger partial charge in [0.15, 0.2) is 6.29 Å². The lowest BCUT2D eigenvalue weighted by atomic mass is 9.84. The van der Waals surface area contributed by atoms with Crippen LogP contribution in [0.15, 0.2) is 12.7 Å². The summed E-state index contributed by atoms with van der Waals surface area (Å²) in [7, 11) is 0. The molecule has 0 aliphatic carbocycles. The van der Waals surface area contributed by atoms with E-state index in [1.807, 2.05) is 13.8 Å². The molecule has 2 unspecified atom stereocenters. The maximum atomic E-state index is 10.8. The Morgan fingerprint density at radius 1 is 1.44 bits per heavy atom.